The molecule has 0 spiro atoms. The van der Waals surface area contributed by atoms with Gasteiger partial charge in [0.15, 0.2) is 6.20 Å². The Bertz CT molecular complexity index is 890. The fourth-order valence-electron chi connectivity index (χ4n) is 2.32. The van der Waals surface area contributed by atoms with E-state index in [2.05, 4.69) is 9.72 Å². The molecule has 0 atom stereocenters. The van der Waals surface area contributed by atoms with Crippen LogP contribution in [-0.2, 0) is 4.74 Å². The average molecular weight is 326 g/mol. The first-order chi connectivity index (χ1) is 11.6. The lowest BCUT2D eigenvalue weighted by Crippen LogP contribution is -2.18. The van der Waals surface area contributed by atoms with E-state index in [0.717, 1.165) is 11.1 Å². The Morgan fingerprint density at radius 3 is 2.33 bits per heavy atom. The fraction of sp³-hybridized carbons (Fsp3) is 0.111. The van der Waals surface area contributed by atoms with E-state index >= 15 is 0 Å². The van der Waals surface area contributed by atoms with Crippen molar-refractivity contribution in [1.82, 2.24) is 0 Å². The molecule has 0 fully saturated rings. The molecule has 0 radical (unpaired) electrons. The van der Waals surface area contributed by atoms with Gasteiger partial charge in [-0.25, -0.2) is 9.78 Å². The summed E-state index contributed by atoms with van der Waals surface area (Å²) in [5, 5.41) is 11.5. The van der Waals surface area contributed by atoms with Gasteiger partial charge in [0, 0.05) is 10.8 Å². The summed E-state index contributed by atoms with van der Waals surface area (Å²) in [6.07, 6.45) is 1.62. The summed E-state index contributed by atoms with van der Waals surface area (Å²) in [6.45, 7) is 0. The number of hydrogen-bond donors (Lipinski definition) is 1. The van der Waals surface area contributed by atoms with Gasteiger partial charge in [0.2, 0.25) is 5.75 Å². The number of aromatic hydroxyl groups is 1. The maximum Gasteiger partial charge on any atom is 0.407 e. The molecule has 0 bridgehead atoms. The van der Waals surface area contributed by atoms with Crippen LogP contribution in [0.1, 0.15) is 10.5 Å². The minimum Gasteiger partial charge on any atom is -0.502 e. The molecule has 6 heteroatoms. The lowest BCUT2D eigenvalue weighted by Gasteiger charge is -2.08. The number of pyridine rings is 1. The van der Waals surface area contributed by atoms with Gasteiger partial charge in [-0.3, -0.25) is 0 Å². The van der Waals surface area contributed by atoms with Crippen LogP contribution in [0.4, 0.5) is 0 Å². The lowest BCUT2D eigenvalue weighted by atomic mass is 10.1. The predicted octanol–water partition coefficient (Wildman–Crippen LogP) is 2.95. The van der Waals surface area contributed by atoms with Crippen molar-refractivity contribution in [1.29, 1.82) is 0 Å². The number of aromatic amines is 1. The zero-order valence-corrected chi connectivity index (χ0v) is 13.2. The van der Waals surface area contributed by atoms with Crippen molar-refractivity contribution in [2.45, 2.75) is 0 Å². The SMILES string of the molecule is COC(=O)c1[nH+]cc2ccc(Oc3ccc(OC)cc3)cc2c1O. The smallest absolute Gasteiger partial charge is 0.407 e. The van der Waals surface area contributed by atoms with Crippen molar-refractivity contribution in [2.75, 3.05) is 14.2 Å². The van der Waals surface area contributed by atoms with Gasteiger partial charge in [-0.1, -0.05) is 0 Å². The molecular weight excluding hydrogens is 310 g/mol. The normalized spacial score (nSPS) is 10.4. The standard InChI is InChI=1S/C18H15NO5/c1-22-12-5-7-13(8-6-12)24-14-4-3-11-10-19-16(18(21)23-2)17(20)15(11)9-14/h3-10,20H,1-2H3/p+1. The highest BCUT2D eigenvalue weighted by Crippen LogP contribution is 2.31. The number of esters is 1. The summed E-state index contributed by atoms with van der Waals surface area (Å²) >= 11 is 0. The summed E-state index contributed by atoms with van der Waals surface area (Å²) in [5.41, 5.74) is -0.00778. The molecule has 1 aromatic heterocycles. The second kappa shape index (κ2) is 6.45. The summed E-state index contributed by atoms with van der Waals surface area (Å²) in [6, 6.07) is 12.4. The van der Waals surface area contributed by atoms with E-state index < -0.39 is 5.97 Å². The van der Waals surface area contributed by atoms with E-state index in [-0.39, 0.29) is 11.4 Å². The van der Waals surface area contributed by atoms with Crippen LogP contribution in [0, 0.1) is 0 Å². The number of H-pyrrole nitrogens is 1. The van der Waals surface area contributed by atoms with E-state index in [1.165, 1.54) is 7.11 Å². The molecule has 0 aliphatic carbocycles. The Morgan fingerprint density at radius 1 is 1.00 bits per heavy atom. The van der Waals surface area contributed by atoms with Gasteiger partial charge in [0.25, 0.3) is 0 Å². The Hall–Kier alpha value is -3.28. The summed E-state index contributed by atoms with van der Waals surface area (Å²) < 4.78 is 15.5. The number of nitrogens with one attached hydrogen (secondary N) is 1. The molecule has 0 aliphatic rings. The molecule has 24 heavy (non-hydrogen) atoms. The Morgan fingerprint density at radius 2 is 1.67 bits per heavy atom. The third kappa shape index (κ3) is 2.94. The maximum absolute atomic E-state index is 11.7. The molecule has 0 amide bonds. The lowest BCUT2D eigenvalue weighted by molar-refractivity contribution is -0.382. The zero-order chi connectivity index (χ0) is 17.1. The van der Waals surface area contributed by atoms with Gasteiger partial charge in [-0.2, -0.15) is 0 Å². The molecule has 1 heterocycles. The Kier molecular flexibility index (Phi) is 4.20. The molecule has 0 aliphatic heterocycles. The van der Waals surface area contributed by atoms with Gasteiger partial charge in [-0.15, -0.1) is 0 Å². The van der Waals surface area contributed by atoms with E-state index in [0.29, 0.717) is 16.9 Å². The summed E-state index contributed by atoms with van der Waals surface area (Å²) in [4.78, 5) is 14.4. The van der Waals surface area contributed by atoms with Crippen LogP contribution < -0.4 is 14.5 Å². The van der Waals surface area contributed by atoms with Crippen LogP contribution in [0.5, 0.6) is 23.0 Å². The van der Waals surface area contributed by atoms with Crippen LogP contribution in [0.15, 0.2) is 48.7 Å². The number of carbonyl (C=O) groups excluding carboxylic acids is 1. The predicted molar refractivity (Wildman–Crippen MR) is 86.6 cm³/mol. The zero-order valence-electron chi connectivity index (χ0n) is 13.2. The highest BCUT2D eigenvalue weighted by molar-refractivity contribution is 5.97. The second-order valence-electron chi connectivity index (χ2n) is 5.03. The molecule has 0 saturated heterocycles. The number of ether oxygens (including phenoxy) is 3. The Labute approximate surface area is 138 Å². The third-order valence-electron chi connectivity index (χ3n) is 3.57. The van der Waals surface area contributed by atoms with Gasteiger partial charge >= 0.3 is 11.7 Å². The molecule has 2 N–H and O–H groups in total. The van der Waals surface area contributed by atoms with Crippen molar-refractivity contribution >= 4 is 16.7 Å². The highest BCUT2D eigenvalue weighted by Gasteiger charge is 2.22. The first kappa shape index (κ1) is 15.6. The molecule has 122 valence electrons. The van der Waals surface area contributed by atoms with Crippen LogP contribution in [0.25, 0.3) is 10.8 Å². The number of hydrogen-bond acceptors (Lipinski definition) is 5. The van der Waals surface area contributed by atoms with Crippen LogP contribution >= 0.6 is 0 Å². The van der Waals surface area contributed by atoms with Crippen LogP contribution in [0.3, 0.4) is 0 Å². The maximum atomic E-state index is 11.7. The molecule has 3 rings (SSSR count). The number of aromatic nitrogens is 1. The summed E-state index contributed by atoms with van der Waals surface area (Å²) in [7, 11) is 2.85. The van der Waals surface area contributed by atoms with Crippen LogP contribution in [0.2, 0.25) is 0 Å². The number of benzene rings is 2. The second-order valence-corrected chi connectivity index (χ2v) is 5.03. The van der Waals surface area contributed by atoms with Crippen molar-refractivity contribution < 1.29 is 29.1 Å². The number of methoxy groups -OCH3 is 2. The third-order valence-corrected chi connectivity index (χ3v) is 3.57. The van der Waals surface area contributed by atoms with Crippen LogP contribution in [-0.4, -0.2) is 25.3 Å². The molecule has 2 aromatic carbocycles. The minimum absolute atomic E-state index is 0.00778. The monoisotopic (exact) mass is 326 g/mol. The van der Waals surface area contributed by atoms with Crippen molar-refractivity contribution in [3.8, 4) is 23.0 Å². The van der Waals surface area contributed by atoms with E-state index in [4.69, 9.17) is 9.47 Å². The molecule has 0 saturated carbocycles. The molecule has 0 unspecified atom stereocenters. The molecule has 3 aromatic rings. The topological polar surface area (TPSA) is 79.1 Å². The number of rotatable bonds is 4. The first-order valence-corrected chi connectivity index (χ1v) is 7.20. The average Bonchev–Trinajstić information content (AvgIpc) is 2.62. The van der Waals surface area contributed by atoms with E-state index in [1.807, 2.05) is 0 Å². The molecule has 6 nitrogen and oxygen atoms in total. The number of carbonyl (C=O) groups is 1. The van der Waals surface area contributed by atoms with Gasteiger partial charge in [0.05, 0.1) is 14.2 Å². The Balaban J connectivity index is 1.97. The van der Waals surface area contributed by atoms with Crippen molar-refractivity contribution in [3.63, 3.8) is 0 Å². The van der Waals surface area contributed by atoms with Gasteiger partial charge < -0.3 is 19.3 Å². The van der Waals surface area contributed by atoms with Gasteiger partial charge in [0.1, 0.15) is 17.2 Å². The summed E-state index contributed by atoms with van der Waals surface area (Å²) in [5.74, 6) is 1.07. The molecular formula is C18H16NO5+. The first-order valence-electron chi connectivity index (χ1n) is 7.20. The van der Waals surface area contributed by atoms with Crippen molar-refractivity contribution in [3.05, 3.63) is 54.4 Å². The highest BCUT2D eigenvalue weighted by atomic mass is 16.5. The van der Waals surface area contributed by atoms with E-state index in [1.54, 1.807) is 55.8 Å². The quantitative estimate of drug-likeness (QED) is 0.746. The van der Waals surface area contributed by atoms with Crippen molar-refractivity contribution in [2.24, 2.45) is 0 Å². The largest absolute Gasteiger partial charge is 0.502 e. The fourth-order valence-corrected chi connectivity index (χ4v) is 2.32. The van der Waals surface area contributed by atoms with Gasteiger partial charge in [-0.05, 0) is 42.5 Å². The van der Waals surface area contributed by atoms with E-state index in [9.17, 15) is 9.90 Å². The minimum atomic E-state index is -0.643. The number of fused-ring (bicyclic) bond motifs is 1.